The summed E-state index contributed by atoms with van der Waals surface area (Å²) >= 11 is 0. The molecule has 1 aliphatic heterocycles. The van der Waals surface area contributed by atoms with E-state index in [1.165, 1.54) is 6.07 Å². The number of hydrogen-bond acceptors (Lipinski definition) is 4. The lowest BCUT2D eigenvalue weighted by atomic mass is 9.91. The van der Waals surface area contributed by atoms with Gasteiger partial charge in [-0.3, -0.25) is 10.1 Å². The molecule has 0 unspecified atom stereocenters. The average molecular weight is 354 g/mol. The molecule has 0 saturated carbocycles. The van der Waals surface area contributed by atoms with E-state index >= 15 is 0 Å². The largest absolute Gasteiger partial charge is 0.488 e. The van der Waals surface area contributed by atoms with Gasteiger partial charge in [-0.25, -0.2) is 4.98 Å². The van der Waals surface area contributed by atoms with Crippen molar-refractivity contribution in [3.63, 3.8) is 0 Å². The van der Waals surface area contributed by atoms with Crippen LogP contribution in [0, 0.1) is 10.1 Å². The van der Waals surface area contributed by atoms with Gasteiger partial charge in [-0.05, 0) is 23.8 Å². The van der Waals surface area contributed by atoms with Crippen molar-refractivity contribution in [1.82, 2.24) is 4.98 Å². The molecule has 0 amide bonds. The average Bonchev–Trinajstić information content (AvgIpc) is 2.72. The molecule has 0 N–H and O–H groups in total. The summed E-state index contributed by atoms with van der Waals surface area (Å²) in [5.41, 5.74) is 5.48. The maximum absolute atomic E-state index is 11.3. The van der Waals surface area contributed by atoms with Gasteiger partial charge in [0, 0.05) is 34.2 Å². The number of aromatic nitrogens is 1. The van der Waals surface area contributed by atoms with Gasteiger partial charge in [0.25, 0.3) is 5.69 Å². The van der Waals surface area contributed by atoms with E-state index in [2.05, 4.69) is 0 Å². The maximum atomic E-state index is 11.3. The Labute approximate surface area is 155 Å². The van der Waals surface area contributed by atoms with E-state index in [0.717, 1.165) is 44.6 Å². The second kappa shape index (κ2) is 5.92. The summed E-state index contributed by atoms with van der Waals surface area (Å²) in [5, 5.41) is 12.1. The topological polar surface area (TPSA) is 65.3 Å². The monoisotopic (exact) mass is 354 g/mol. The fraction of sp³-hybridized carbons (Fsp3) is 0.0455. The zero-order valence-corrected chi connectivity index (χ0v) is 14.3. The quantitative estimate of drug-likeness (QED) is 0.358. The standard InChI is InChI=1S/C22H14N2O3/c25-24(26)15-10-11-19-17(12-15)21(14-6-2-1-3-7-14)18-13-27-20-9-5-4-8-16(20)22(18)23-19/h1-12H,13H2. The molecule has 1 aliphatic rings. The zero-order chi connectivity index (χ0) is 18.4. The summed E-state index contributed by atoms with van der Waals surface area (Å²) in [6.45, 7) is 0.377. The second-order valence-electron chi connectivity index (χ2n) is 6.42. The third kappa shape index (κ3) is 2.44. The van der Waals surface area contributed by atoms with Crippen LogP contribution in [0.3, 0.4) is 0 Å². The number of pyridine rings is 1. The molecular weight excluding hydrogens is 340 g/mol. The van der Waals surface area contributed by atoms with Crippen LogP contribution in [0.4, 0.5) is 5.69 Å². The summed E-state index contributed by atoms with van der Waals surface area (Å²) in [7, 11) is 0. The molecule has 0 radical (unpaired) electrons. The lowest BCUT2D eigenvalue weighted by Crippen LogP contribution is -2.09. The highest BCUT2D eigenvalue weighted by Crippen LogP contribution is 2.43. The number of para-hydroxylation sites is 1. The highest BCUT2D eigenvalue weighted by Gasteiger charge is 2.25. The first-order valence-electron chi connectivity index (χ1n) is 8.61. The van der Waals surface area contributed by atoms with E-state index in [4.69, 9.17) is 9.72 Å². The van der Waals surface area contributed by atoms with E-state index in [9.17, 15) is 10.1 Å². The Morgan fingerprint density at radius 2 is 1.74 bits per heavy atom. The van der Waals surface area contributed by atoms with Crippen LogP contribution in [-0.4, -0.2) is 9.91 Å². The number of hydrogen-bond donors (Lipinski definition) is 0. The molecule has 0 atom stereocenters. The van der Waals surface area contributed by atoms with Crippen LogP contribution in [0.15, 0.2) is 72.8 Å². The van der Waals surface area contributed by atoms with Crippen LogP contribution < -0.4 is 4.74 Å². The van der Waals surface area contributed by atoms with Gasteiger partial charge in [-0.1, -0.05) is 42.5 Å². The summed E-state index contributed by atoms with van der Waals surface area (Å²) in [6, 6.07) is 22.5. The Morgan fingerprint density at radius 3 is 2.56 bits per heavy atom. The van der Waals surface area contributed by atoms with Gasteiger partial charge in [-0.2, -0.15) is 0 Å². The molecule has 1 aromatic heterocycles. The van der Waals surface area contributed by atoms with Crippen molar-refractivity contribution in [2.75, 3.05) is 0 Å². The molecule has 2 heterocycles. The molecule has 0 bridgehead atoms. The van der Waals surface area contributed by atoms with Gasteiger partial charge in [0.1, 0.15) is 12.4 Å². The second-order valence-corrected chi connectivity index (χ2v) is 6.42. The van der Waals surface area contributed by atoms with Gasteiger partial charge < -0.3 is 4.74 Å². The number of benzene rings is 3. The van der Waals surface area contributed by atoms with Crippen molar-refractivity contribution < 1.29 is 9.66 Å². The van der Waals surface area contributed by atoms with Gasteiger partial charge in [0.15, 0.2) is 0 Å². The van der Waals surface area contributed by atoms with Gasteiger partial charge in [-0.15, -0.1) is 0 Å². The van der Waals surface area contributed by atoms with Crippen molar-refractivity contribution in [3.8, 4) is 28.1 Å². The summed E-state index contributed by atoms with van der Waals surface area (Å²) in [6.07, 6.45) is 0. The number of non-ortho nitro benzene ring substituents is 1. The molecule has 5 nitrogen and oxygen atoms in total. The van der Waals surface area contributed by atoms with Crippen LogP contribution in [0.5, 0.6) is 5.75 Å². The predicted octanol–water partition coefficient (Wildman–Crippen LogP) is 5.37. The number of ether oxygens (including phenoxy) is 1. The Bertz CT molecular complexity index is 1200. The van der Waals surface area contributed by atoms with Crippen molar-refractivity contribution in [3.05, 3.63) is 88.5 Å². The van der Waals surface area contributed by atoms with E-state index in [0.29, 0.717) is 6.61 Å². The van der Waals surface area contributed by atoms with Crippen molar-refractivity contribution in [2.24, 2.45) is 0 Å². The normalized spacial score (nSPS) is 12.1. The Kier molecular flexibility index (Phi) is 3.40. The maximum Gasteiger partial charge on any atom is 0.270 e. The van der Waals surface area contributed by atoms with Gasteiger partial charge >= 0.3 is 0 Å². The van der Waals surface area contributed by atoms with Gasteiger partial charge in [0.2, 0.25) is 0 Å². The van der Waals surface area contributed by atoms with Crippen molar-refractivity contribution in [2.45, 2.75) is 6.61 Å². The summed E-state index contributed by atoms with van der Waals surface area (Å²) < 4.78 is 5.96. The summed E-state index contributed by atoms with van der Waals surface area (Å²) in [5.74, 6) is 0.803. The lowest BCUT2D eigenvalue weighted by molar-refractivity contribution is -0.384. The fourth-order valence-electron chi connectivity index (χ4n) is 3.64. The molecule has 0 fully saturated rings. The number of nitro groups is 1. The Morgan fingerprint density at radius 1 is 0.963 bits per heavy atom. The highest BCUT2D eigenvalue weighted by molar-refractivity contribution is 6.00. The van der Waals surface area contributed by atoms with Crippen LogP contribution in [0.2, 0.25) is 0 Å². The van der Waals surface area contributed by atoms with Crippen molar-refractivity contribution in [1.29, 1.82) is 0 Å². The van der Waals surface area contributed by atoms with Crippen LogP contribution >= 0.6 is 0 Å². The molecule has 5 heteroatoms. The zero-order valence-electron chi connectivity index (χ0n) is 14.3. The molecular formula is C22H14N2O3. The number of fused-ring (bicyclic) bond motifs is 4. The minimum absolute atomic E-state index is 0.0542. The van der Waals surface area contributed by atoms with Gasteiger partial charge in [0.05, 0.1) is 16.1 Å². The molecule has 4 aromatic rings. The minimum atomic E-state index is -0.376. The van der Waals surface area contributed by atoms with E-state index in [1.807, 2.05) is 54.6 Å². The SMILES string of the molecule is O=[N+]([O-])c1ccc2nc3c(c(-c4ccccc4)c2c1)COc1ccccc1-3. The van der Waals surface area contributed by atoms with Crippen LogP contribution in [0.1, 0.15) is 5.56 Å². The lowest BCUT2D eigenvalue weighted by Gasteiger charge is -2.24. The fourth-order valence-corrected chi connectivity index (χ4v) is 3.64. The number of nitrogens with zero attached hydrogens (tertiary/aromatic N) is 2. The molecule has 0 aliphatic carbocycles. The smallest absolute Gasteiger partial charge is 0.270 e. The van der Waals surface area contributed by atoms with E-state index in [1.54, 1.807) is 12.1 Å². The number of nitro benzene ring substituents is 1. The minimum Gasteiger partial charge on any atom is -0.488 e. The van der Waals surface area contributed by atoms with E-state index < -0.39 is 0 Å². The molecule has 3 aromatic carbocycles. The van der Waals surface area contributed by atoms with Crippen molar-refractivity contribution >= 4 is 16.6 Å². The van der Waals surface area contributed by atoms with Crippen LogP contribution in [-0.2, 0) is 6.61 Å². The molecule has 5 rings (SSSR count). The highest BCUT2D eigenvalue weighted by atomic mass is 16.6. The number of rotatable bonds is 2. The van der Waals surface area contributed by atoms with E-state index in [-0.39, 0.29) is 10.6 Å². The third-order valence-corrected chi connectivity index (χ3v) is 4.86. The molecule has 0 spiro atoms. The summed E-state index contributed by atoms with van der Waals surface area (Å²) in [4.78, 5) is 15.8. The third-order valence-electron chi connectivity index (χ3n) is 4.86. The predicted molar refractivity (Wildman–Crippen MR) is 104 cm³/mol. The first-order valence-corrected chi connectivity index (χ1v) is 8.61. The first kappa shape index (κ1) is 15.5. The molecule has 130 valence electrons. The molecule has 0 saturated heterocycles. The Hall–Kier alpha value is -3.73. The van der Waals surface area contributed by atoms with Crippen LogP contribution in [0.25, 0.3) is 33.3 Å². The Balaban J connectivity index is 1.91. The molecule has 27 heavy (non-hydrogen) atoms. The first-order chi connectivity index (χ1) is 13.2.